The minimum atomic E-state index is -4.50. The van der Waals surface area contributed by atoms with Gasteiger partial charge in [-0.15, -0.1) is 0 Å². The van der Waals surface area contributed by atoms with Crippen LogP contribution in [0.1, 0.15) is 16.7 Å². The van der Waals surface area contributed by atoms with Crippen LogP contribution >= 0.6 is 0 Å². The Morgan fingerprint density at radius 2 is 1.58 bits per heavy atom. The van der Waals surface area contributed by atoms with E-state index in [9.17, 15) is 21.6 Å². The zero-order valence-electron chi connectivity index (χ0n) is 12.6. The molecule has 0 heterocycles. The molecule has 2 rings (SSSR count). The third kappa shape index (κ3) is 4.14. The molecule has 0 saturated carbocycles. The molecule has 24 heavy (non-hydrogen) atoms. The number of sulfone groups is 1. The summed E-state index contributed by atoms with van der Waals surface area (Å²) >= 11 is 0. The van der Waals surface area contributed by atoms with Gasteiger partial charge in [-0.3, -0.25) is 0 Å². The van der Waals surface area contributed by atoms with E-state index in [0.29, 0.717) is 0 Å². The Bertz CT molecular complexity index is 840. The number of benzene rings is 2. The monoisotopic (exact) mass is 357 g/mol. The van der Waals surface area contributed by atoms with Crippen LogP contribution in [0.4, 0.5) is 13.2 Å². The molecule has 2 aromatic carbocycles. The zero-order valence-corrected chi connectivity index (χ0v) is 13.4. The molecule has 0 aliphatic carbocycles. The van der Waals surface area contributed by atoms with E-state index < -0.39 is 27.3 Å². The summed E-state index contributed by atoms with van der Waals surface area (Å²) in [7, 11) is -3.79. The van der Waals surface area contributed by atoms with Crippen molar-refractivity contribution >= 4 is 15.5 Å². The zero-order chi connectivity index (χ0) is 18.0. The van der Waals surface area contributed by atoms with Crippen molar-refractivity contribution in [3.8, 4) is 0 Å². The maximum absolute atomic E-state index is 12.6. The van der Waals surface area contributed by atoms with Crippen molar-refractivity contribution in [3.05, 3.63) is 65.2 Å². The smallest absolute Gasteiger partial charge is 0.411 e. The molecule has 0 fully saturated rings. The van der Waals surface area contributed by atoms with Gasteiger partial charge in [0.25, 0.3) is 0 Å². The molecule has 0 bridgehead atoms. The van der Waals surface area contributed by atoms with Gasteiger partial charge in [0.2, 0.25) is 0 Å². The van der Waals surface area contributed by atoms with Crippen LogP contribution in [0.25, 0.3) is 0 Å². The Hall–Kier alpha value is -2.35. The highest BCUT2D eigenvalue weighted by atomic mass is 32.2. The predicted octanol–water partition coefficient (Wildman–Crippen LogP) is 3.67. The van der Waals surface area contributed by atoms with Crippen LogP contribution in [-0.4, -0.2) is 25.1 Å². The van der Waals surface area contributed by atoms with Crippen LogP contribution in [0.2, 0.25) is 0 Å². The number of aryl methyl sites for hydroxylation is 1. The molecule has 0 amide bonds. The lowest BCUT2D eigenvalue weighted by atomic mass is 10.1. The summed E-state index contributed by atoms with van der Waals surface area (Å²) in [6, 6.07) is 9.85. The minimum absolute atomic E-state index is 0.0427. The molecular formula is C16H14F3NO3S. The van der Waals surface area contributed by atoms with Crippen LogP contribution in [0.15, 0.2) is 58.6 Å². The Morgan fingerprint density at radius 3 is 2.04 bits per heavy atom. The van der Waals surface area contributed by atoms with Crippen LogP contribution in [0.3, 0.4) is 0 Å². The maximum atomic E-state index is 12.6. The van der Waals surface area contributed by atoms with Gasteiger partial charge in [0, 0.05) is 5.56 Å². The van der Waals surface area contributed by atoms with Gasteiger partial charge >= 0.3 is 6.18 Å². The molecule has 0 atom stereocenters. The van der Waals surface area contributed by atoms with Gasteiger partial charge < -0.3 is 5.21 Å². The number of nitrogens with zero attached hydrogens (tertiary/aromatic N) is 1. The van der Waals surface area contributed by atoms with Crippen molar-refractivity contribution in [3.63, 3.8) is 0 Å². The normalized spacial score (nSPS) is 13.1. The van der Waals surface area contributed by atoms with Crippen molar-refractivity contribution in [1.82, 2.24) is 0 Å². The van der Waals surface area contributed by atoms with E-state index in [4.69, 9.17) is 5.21 Å². The average molecular weight is 357 g/mol. The van der Waals surface area contributed by atoms with Crippen molar-refractivity contribution < 1.29 is 26.8 Å². The standard InChI is InChI=1S/C16H14F3NO3S/c1-11-2-8-14(9-3-11)24(22,23)10-15(20-21)12-4-6-13(7-5-12)16(17,18)19/h2-9,21H,10H2,1H3/b20-15-. The Balaban J connectivity index is 2.28. The second-order valence-corrected chi connectivity index (χ2v) is 7.18. The highest BCUT2D eigenvalue weighted by Crippen LogP contribution is 2.29. The molecule has 8 heteroatoms. The van der Waals surface area contributed by atoms with Gasteiger partial charge in [-0.25, -0.2) is 8.42 Å². The van der Waals surface area contributed by atoms with Crippen LogP contribution in [-0.2, 0) is 16.0 Å². The second kappa shape index (κ2) is 6.64. The first kappa shape index (κ1) is 18.0. The first-order chi connectivity index (χ1) is 11.1. The predicted molar refractivity (Wildman–Crippen MR) is 83.0 cm³/mol. The summed E-state index contributed by atoms with van der Waals surface area (Å²) in [5.41, 5.74) is -0.122. The van der Waals surface area contributed by atoms with Crippen LogP contribution in [0, 0.1) is 6.92 Å². The molecule has 0 aliphatic rings. The summed E-state index contributed by atoms with van der Waals surface area (Å²) in [6.07, 6.45) is -4.50. The van der Waals surface area contributed by atoms with Gasteiger partial charge in [-0.2, -0.15) is 13.2 Å². The number of rotatable bonds is 4. The Kier molecular flexibility index (Phi) is 4.98. The molecule has 0 aliphatic heterocycles. The first-order valence-electron chi connectivity index (χ1n) is 6.81. The molecule has 4 nitrogen and oxygen atoms in total. The highest BCUT2D eigenvalue weighted by molar-refractivity contribution is 7.92. The number of hydrogen-bond donors (Lipinski definition) is 1. The minimum Gasteiger partial charge on any atom is -0.411 e. The Labute approximate surface area is 137 Å². The lowest BCUT2D eigenvalue weighted by Crippen LogP contribution is -2.18. The lowest BCUT2D eigenvalue weighted by molar-refractivity contribution is -0.137. The van der Waals surface area contributed by atoms with E-state index in [-0.39, 0.29) is 16.2 Å². The van der Waals surface area contributed by atoms with Gasteiger partial charge in [-0.1, -0.05) is 35.0 Å². The summed E-state index contributed by atoms with van der Waals surface area (Å²) in [6.45, 7) is 1.80. The van der Waals surface area contributed by atoms with Gasteiger partial charge in [0.15, 0.2) is 9.84 Å². The number of halogens is 3. The molecule has 0 unspecified atom stereocenters. The largest absolute Gasteiger partial charge is 0.416 e. The first-order valence-corrected chi connectivity index (χ1v) is 8.47. The molecule has 2 aromatic rings. The van der Waals surface area contributed by atoms with Crippen molar-refractivity contribution in [1.29, 1.82) is 0 Å². The van der Waals surface area contributed by atoms with E-state index in [1.165, 1.54) is 12.1 Å². The number of hydrogen-bond acceptors (Lipinski definition) is 4. The fourth-order valence-electron chi connectivity index (χ4n) is 2.03. The highest BCUT2D eigenvalue weighted by Gasteiger charge is 2.30. The fraction of sp³-hybridized carbons (Fsp3) is 0.188. The third-order valence-corrected chi connectivity index (χ3v) is 5.02. The average Bonchev–Trinajstić information content (AvgIpc) is 2.52. The molecule has 0 saturated heterocycles. The topological polar surface area (TPSA) is 66.7 Å². The molecule has 0 aromatic heterocycles. The van der Waals surface area contributed by atoms with E-state index in [0.717, 1.165) is 29.8 Å². The summed E-state index contributed by atoms with van der Waals surface area (Å²) in [4.78, 5) is 0.0427. The molecular weight excluding hydrogens is 343 g/mol. The van der Waals surface area contributed by atoms with Crippen LogP contribution < -0.4 is 0 Å². The summed E-state index contributed by atoms with van der Waals surface area (Å²) in [5, 5.41) is 12.0. The summed E-state index contributed by atoms with van der Waals surface area (Å²) < 4.78 is 62.3. The number of oxime groups is 1. The van der Waals surface area contributed by atoms with Gasteiger partial charge in [-0.05, 0) is 31.2 Å². The Morgan fingerprint density at radius 1 is 1.04 bits per heavy atom. The van der Waals surface area contributed by atoms with E-state index in [1.54, 1.807) is 19.1 Å². The number of alkyl halides is 3. The third-order valence-electron chi connectivity index (χ3n) is 3.37. The van der Waals surface area contributed by atoms with Gasteiger partial charge in [0.1, 0.15) is 11.5 Å². The molecule has 1 N–H and O–H groups in total. The van der Waals surface area contributed by atoms with E-state index in [2.05, 4.69) is 5.16 Å². The summed E-state index contributed by atoms with van der Waals surface area (Å²) in [5.74, 6) is -0.627. The maximum Gasteiger partial charge on any atom is 0.416 e. The quantitative estimate of drug-likeness (QED) is 0.516. The second-order valence-electron chi connectivity index (χ2n) is 5.19. The molecule has 0 radical (unpaired) electrons. The SMILES string of the molecule is Cc1ccc(S(=O)(=O)C/C(=N/O)c2ccc(C(F)(F)F)cc2)cc1. The van der Waals surface area contributed by atoms with Crippen molar-refractivity contribution in [2.45, 2.75) is 18.0 Å². The molecule has 128 valence electrons. The van der Waals surface area contributed by atoms with Crippen molar-refractivity contribution in [2.75, 3.05) is 5.75 Å². The molecule has 0 spiro atoms. The lowest BCUT2D eigenvalue weighted by Gasteiger charge is -2.09. The van der Waals surface area contributed by atoms with Gasteiger partial charge in [0.05, 0.1) is 10.5 Å². The van der Waals surface area contributed by atoms with Crippen LogP contribution in [0.5, 0.6) is 0 Å². The fourth-order valence-corrected chi connectivity index (χ4v) is 3.33. The van der Waals surface area contributed by atoms with E-state index in [1.807, 2.05) is 0 Å². The van der Waals surface area contributed by atoms with E-state index >= 15 is 0 Å². The van der Waals surface area contributed by atoms with Crippen molar-refractivity contribution in [2.24, 2.45) is 5.16 Å².